The maximum Gasteiger partial charge on any atom is 0.422 e. The van der Waals surface area contributed by atoms with Crippen LogP contribution in [-0.2, 0) is 11.3 Å². The molecule has 3 rings (SSSR count). The molecule has 0 bridgehead atoms. The summed E-state index contributed by atoms with van der Waals surface area (Å²) in [7, 11) is 1.62. The highest BCUT2D eigenvalue weighted by Crippen LogP contribution is 2.31. The lowest BCUT2D eigenvalue weighted by Crippen LogP contribution is -2.40. The van der Waals surface area contributed by atoms with Crippen LogP contribution in [0.3, 0.4) is 0 Å². The number of benzene rings is 2. The Balaban J connectivity index is 0.00000341. The van der Waals surface area contributed by atoms with E-state index < -0.39 is 12.8 Å². The highest BCUT2D eigenvalue weighted by atomic mass is 127. The van der Waals surface area contributed by atoms with Crippen molar-refractivity contribution in [3.05, 3.63) is 59.7 Å². The van der Waals surface area contributed by atoms with Gasteiger partial charge < -0.3 is 20.7 Å². The van der Waals surface area contributed by atoms with Crippen LogP contribution in [0.1, 0.15) is 23.5 Å². The smallest absolute Gasteiger partial charge is 0.422 e. The van der Waals surface area contributed by atoms with Gasteiger partial charge in [0.25, 0.3) is 0 Å². The standard InChI is InChI=1S/C21H23F3N4O2.HI/c1-25-20(26-11-14-5-4-6-16(9-14)30-13-21(22,23)24)27-12-15-10-19(29)28-18-8-3-2-7-17(15)18;/h2-9,15H,10-13H2,1H3,(H,28,29)(H2,25,26,27);1H. The van der Waals surface area contributed by atoms with E-state index in [1.807, 2.05) is 24.3 Å². The van der Waals surface area contributed by atoms with Gasteiger partial charge in [-0.2, -0.15) is 13.2 Å². The van der Waals surface area contributed by atoms with E-state index in [-0.39, 0.29) is 41.6 Å². The van der Waals surface area contributed by atoms with Gasteiger partial charge in [0.05, 0.1) is 0 Å². The maximum absolute atomic E-state index is 12.3. The monoisotopic (exact) mass is 548 g/mol. The number of guanidine groups is 1. The molecule has 1 unspecified atom stereocenters. The van der Waals surface area contributed by atoms with E-state index in [9.17, 15) is 18.0 Å². The summed E-state index contributed by atoms with van der Waals surface area (Å²) in [5.74, 6) is 0.659. The zero-order valence-corrected chi connectivity index (χ0v) is 19.2. The Hall–Kier alpha value is -2.50. The number of carbonyl (C=O) groups is 1. The van der Waals surface area contributed by atoms with Gasteiger partial charge in [-0.25, -0.2) is 0 Å². The van der Waals surface area contributed by atoms with Gasteiger partial charge in [-0.3, -0.25) is 9.79 Å². The number of hydrogen-bond acceptors (Lipinski definition) is 3. The van der Waals surface area contributed by atoms with Gasteiger partial charge in [-0.15, -0.1) is 24.0 Å². The van der Waals surface area contributed by atoms with Gasteiger partial charge in [0.1, 0.15) is 5.75 Å². The molecule has 0 saturated heterocycles. The third-order valence-electron chi connectivity index (χ3n) is 4.61. The van der Waals surface area contributed by atoms with Gasteiger partial charge in [-0.05, 0) is 29.3 Å². The molecule has 0 spiro atoms. The summed E-state index contributed by atoms with van der Waals surface area (Å²) in [6.45, 7) is -0.465. The van der Waals surface area contributed by atoms with Gasteiger partial charge in [0, 0.05) is 38.2 Å². The van der Waals surface area contributed by atoms with Gasteiger partial charge in [0.2, 0.25) is 5.91 Å². The summed E-state index contributed by atoms with van der Waals surface area (Å²) in [4.78, 5) is 16.1. The minimum absolute atomic E-state index is 0. The maximum atomic E-state index is 12.3. The molecule has 1 amide bonds. The lowest BCUT2D eigenvalue weighted by Gasteiger charge is -2.26. The predicted octanol–water partition coefficient (Wildman–Crippen LogP) is 4.04. The average molecular weight is 548 g/mol. The van der Waals surface area contributed by atoms with Crippen molar-refractivity contribution in [3.8, 4) is 5.75 Å². The number of halogens is 4. The second-order valence-electron chi connectivity index (χ2n) is 6.89. The van der Waals surface area contributed by atoms with Crippen LogP contribution in [0.5, 0.6) is 5.75 Å². The summed E-state index contributed by atoms with van der Waals surface area (Å²) < 4.78 is 41.7. The SMILES string of the molecule is CN=C(NCc1cccc(OCC(F)(F)F)c1)NCC1CC(=O)Nc2ccccc21.I. The Morgan fingerprint density at radius 2 is 1.97 bits per heavy atom. The number of fused-ring (bicyclic) bond motifs is 1. The van der Waals surface area contributed by atoms with E-state index in [0.29, 0.717) is 25.5 Å². The molecule has 0 aliphatic carbocycles. The second-order valence-corrected chi connectivity index (χ2v) is 6.89. The molecule has 10 heteroatoms. The first-order chi connectivity index (χ1) is 14.3. The van der Waals surface area contributed by atoms with E-state index in [2.05, 4.69) is 20.9 Å². The number of rotatable bonds is 6. The van der Waals surface area contributed by atoms with Crippen molar-refractivity contribution in [1.82, 2.24) is 10.6 Å². The first-order valence-corrected chi connectivity index (χ1v) is 9.46. The Bertz CT molecular complexity index is 921. The van der Waals surface area contributed by atoms with Gasteiger partial charge >= 0.3 is 6.18 Å². The molecule has 1 atom stereocenters. The molecule has 0 aromatic heterocycles. The van der Waals surface area contributed by atoms with E-state index in [0.717, 1.165) is 16.8 Å². The van der Waals surface area contributed by atoms with Crippen LogP contribution in [0, 0.1) is 0 Å². The minimum atomic E-state index is -4.38. The molecule has 1 aliphatic heterocycles. The molecule has 168 valence electrons. The topological polar surface area (TPSA) is 74.8 Å². The van der Waals surface area contributed by atoms with Crippen molar-refractivity contribution in [2.24, 2.45) is 4.99 Å². The third-order valence-corrected chi connectivity index (χ3v) is 4.61. The Labute approximate surface area is 195 Å². The molecule has 0 radical (unpaired) electrons. The van der Waals surface area contributed by atoms with Crippen LogP contribution in [0.2, 0.25) is 0 Å². The van der Waals surface area contributed by atoms with Crippen molar-refractivity contribution < 1.29 is 22.7 Å². The van der Waals surface area contributed by atoms with Gasteiger partial charge in [-0.1, -0.05) is 30.3 Å². The summed E-state index contributed by atoms with van der Waals surface area (Å²) in [5, 5.41) is 9.20. The van der Waals surface area contributed by atoms with Crippen LogP contribution >= 0.6 is 24.0 Å². The third kappa shape index (κ3) is 7.60. The van der Waals surface area contributed by atoms with Crippen molar-refractivity contribution in [1.29, 1.82) is 0 Å². The lowest BCUT2D eigenvalue weighted by atomic mass is 9.90. The number of alkyl halides is 3. The van der Waals surface area contributed by atoms with Crippen molar-refractivity contribution in [2.75, 3.05) is 25.5 Å². The molecule has 0 saturated carbocycles. The molecule has 31 heavy (non-hydrogen) atoms. The van der Waals surface area contributed by atoms with Crippen LogP contribution in [-0.4, -0.2) is 38.2 Å². The van der Waals surface area contributed by atoms with E-state index in [1.54, 1.807) is 25.2 Å². The summed E-state index contributed by atoms with van der Waals surface area (Å²) >= 11 is 0. The first kappa shape index (κ1) is 24.8. The fraction of sp³-hybridized carbons (Fsp3) is 0.333. The van der Waals surface area contributed by atoms with Crippen molar-refractivity contribution >= 4 is 41.5 Å². The molecular weight excluding hydrogens is 524 g/mol. The Morgan fingerprint density at radius 1 is 1.19 bits per heavy atom. The van der Waals surface area contributed by atoms with Crippen LogP contribution in [0.15, 0.2) is 53.5 Å². The zero-order chi connectivity index (χ0) is 21.6. The highest BCUT2D eigenvalue weighted by Gasteiger charge is 2.28. The molecule has 2 aromatic carbocycles. The highest BCUT2D eigenvalue weighted by molar-refractivity contribution is 14.0. The van der Waals surface area contributed by atoms with Crippen LogP contribution in [0.4, 0.5) is 18.9 Å². The second kappa shape index (κ2) is 11.2. The fourth-order valence-corrected chi connectivity index (χ4v) is 3.22. The number of carbonyl (C=O) groups excluding carboxylic acids is 1. The van der Waals surface area contributed by atoms with Crippen LogP contribution < -0.4 is 20.7 Å². The zero-order valence-electron chi connectivity index (χ0n) is 16.8. The Morgan fingerprint density at radius 3 is 2.71 bits per heavy atom. The minimum Gasteiger partial charge on any atom is -0.484 e. The normalized spacial score (nSPS) is 15.9. The average Bonchev–Trinajstić information content (AvgIpc) is 2.72. The predicted molar refractivity (Wildman–Crippen MR) is 124 cm³/mol. The van der Waals surface area contributed by atoms with Crippen molar-refractivity contribution in [3.63, 3.8) is 0 Å². The summed E-state index contributed by atoms with van der Waals surface area (Å²) in [6.07, 6.45) is -4.01. The molecular formula is C21H24F3IN4O2. The number of nitrogens with one attached hydrogen (secondary N) is 3. The lowest BCUT2D eigenvalue weighted by molar-refractivity contribution is -0.153. The van der Waals surface area contributed by atoms with Gasteiger partial charge in [0.15, 0.2) is 12.6 Å². The number of para-hydroxylation sites is 1. The summed E-state index contributed by atoms with van der Waals surface area (Å²) in [6, 6.07) is 14.1. The summed E-state index contributed by atoms with van der Waals surface area (Å²) in [5.41, 5.74) is 2.63. The fourth-order valence-electron chi connectivity index (χ4n) is 3.22. The largest absolute Gasteiger partial charge is 0.484 e. The number of nitrogens with zero attached hydrogens (tertiary/aromatic N) is 1. The molecule has 3 N–H and O–H groups in total. The first-order valence-electron chi connectivity index (χ1n) is 9.46. The van der Waals surface area contributed by atoms with E-state index in [1.165, 1.54) is 6.07 Å². The number of aliphatic imine (C=N–C) groups is 1. The Kier molecular flexibility index (Phi) is 8.96. The number of amides is 1. The molecule has 6 nitrogen and oxygen atoms in total. The van der Waals surface area contributed by atoms with Crippen molar-refractivity contribution in [2.45, 2.75) is 25.1 Å². The number of anilines is 1. The van der Waals surface area contributed by atoms with E-state index in [4.69, 9.17) is 4.74 Å². The molecule has 1 aliphatic rings. The molecule has 1 heterocycles. The van der Waals surface area contributed by atoms with E-state index >= 15 is 0 Å². The number of ether oxygens (including phenoxy) is 1. The molecule has 0 fully saturated rings. The molecule has 2 aromatic rings. The quantitative estimate of drug-likeness (QED) is 0.290. The van der Waals surface area contributed by atoms with Crippen LogP contribution in [0.25, 0.3) is 0 Å². The number of hydrogen-bond donors (Lipinski definition) is 3.